The number of carbonyl (C=O) groups is 2. The number of carboxylic acid groups (broad SMARTS) is 1. The predicted molar refractivity (Wildman–Crippen MR) is 101 cm³/mol. The SMILES string of the molecule is Cc1cc(/C=C2\SC(=S)N(CC(=O)O)C2=O)c(C)n1-c1ccccn1. The van der Waals surface area contributed by atoms with Crippen LogP contribution in [0, 0.1) is 13.8 Å². The Labute approximate surface area is 154 Å². The quantitative estimate of drug-likeness (QED) is 0.656. The highest BCUT2D eigenvalue weighted by molar-refractivity contribution is 8.26. The third kappa shape index (κ3) is 3.35. The van der Waals surface area contributed by atoms with Gasteiger partial charge in [0.1, 0.15) is 16.7 Å². The van der Waals surface area contributed by atoms with E-state index in [0.717, 1.165) is 39.4 Å². The number of nitrogens with zero attached hydrogens (tertiary/aromatic N) is 3. The molecule has 1 amide bonds. The van der Waals surface area contributed by atoms with Crippen LogP contribution in [0.25, 0.3) is 11.9 Å². The lowest BCUT2D eigenvalue weighted by molar-refractivity contribution is -0.140. The van der Waals surface area contributed by atoms with Crippen LogP contribution >= 0.6 is 24.0 Å². The molecule has 0 aliphatic carbocycles. The number of carboxylic acids is 1. The van der Waals surface area contributed by atoms with Crippen LogP contribution < -0.4 is 0 Å². The Hall–Kier alpha value is -2.45. The molecule has 1 aliphatic heterocycles. The first-order valence-electron chi connectivity index (χ1n) is 7.46. The Morgan fingerprint density at radius 3 is 2.80 bits per heavy atom. The number of carbonyl (C=O) groups excluding carboxylic acids is 1. The maximum atomic E-state index is 12.4. The van der Waals surface area contributed by atoms with E-state index in [0.29, 0.717) is 4.91 Å². The molecule has 3 heterocycles. The maximum absolute atomic E-state index is 12.4. The van der Waals surface area contributed by atoms with E-state index in [1.807, 2.05) is 42.7 Å². The number of hydrogen-bond acceptors (Lipinski definition) is 5. The lowest BCUT2D eigenvalue weighted by Crippen LogP contribution is -2.33. The molecular formula is C17H15N3O3S2. The summed E-state index contributed by atoms with van der Waals surface area (Å²) in [5.41, 5.74) is 2.81. The summed E-state index contributed by atoms with van der Waals surface area (Å²) in [6.07, 6.45) is 3.48. The number of pyridine rings is 1. The van der Waals surface area contributed by atoms with Crippen molar-refractivity contribution in [2.24, 2.45) is 0 Å². The Morgan fingerprint density at radius 1 is 1.40 bits per heavy atom. The average molecular weight is 373 g/mol. The number of hydrogen-bond donors (Lipinski definition) is 1. The molecule has 25 heavy (non-hydrogen) atoms. The largest absolute Gasteiger partial charge is 0.480 e. The predicted octanol–water partition coefficient (Wildman–Crippen LogP) is 2.77. The molecule has 1 aliphatic rings. The van der Waals surface area contributed by atoms with Gasteiger partial charge < -0.3 is 9.67 Å². The molecule has 0 atom stereocenters. The first-order valence-corrected chi connectivity index (χ1v) is 8.68. The summed E-state index contributed by atoms with van der Waals surface area (Å²) in [4.78, 5) is 29.2. The normalized spacial score (nSPS) is 16.1. The fourth-order valence-electron chi connectivity index (χ4n) is 2.69. The lowest BCUT2D eigenvalue weighted by Gasteiger charge is -2.10. The molecule has 1 fully saturated rings. The van der Waals surface area contributed by atoms with Crippen LogP contribution in [0.1, 0.15) is 17.0 Å². The maximum Gasteiger partial charge on any atom is 0.323 e. The Kier molecular flexibility index (Phi) is 4.73. The van der Waals surface area contributed by atoms with E-state index < -0.39 is 12.5 Å². The fraction of sp³-hybridized carbons (Fsp3) is 0.176. The minimum atomic E-state index is -1.09. The number of thioether (sulfide) groups is 1. The molecule has 2 aromatic rings. The molecule has 0 aromatic carbocycles. The number of aliphatic carboxylic acids is 1. The monoisotopic (exact) mass is 373 g/mol. The van der Waals surface area contributed by atoms with E-state index >= 15 is 0 Å². The second-order valence-electron chi connectivity index (χ2n) is 5.51. The van der Waals surface area contributed by atoms with Crippen LogP contribution in [0.15, 0.2) is 35.4 Å². The summed E-state index contributed by atoms with van der Waals surface area (Å²) in [6.45, 7) is 3.50. The van der Waals surface area contributed by atoms with Gasteiger partial charge in [0, 0.05) is 17.6 Å². The van der Waals surface area contributed by atoms with Crippen molar-refractivity contribution in [2.45, 2.75) is 13.8 Å². The number of aromatic nitrogens is 2. The second kappa shape index (κ2) is 6.81. The molecule has 0 unspecified atom stereocenters. The van der Waals surface area contributed by atoms with E-state index in [9.17, 15) is 9.59 Å². The molecular weight excluding hydrogens is 358 g/mol. The van der Waals surface area contributed by atoms with Gasteiger partial charge in [-0.05, 0) is 43.7 Å². The van der Waals surface area contributed by atoms with Crippen molar-refractivity contribution in [1.29, 1.82) is 0 Å². The van der Waals surface area contributed by atoms with Crippen LogP contribution in [0.3, 0.4) is 0 Å². The van der Waals surface area contributed by atoms with Gasteiger partial charge in [0.15, 0.2) is 0 Å². The zero-order chi connectivity index (χ0) is 18.1. The first-order chi connectivity index (χ1) is 11.9. The summed E-state index contributed by atoms with van der Waals surface area (Å²) in [7, 11) is 0. The van der Waals surface area contributed by atoms with Crippen LogP contribution in [0.5, 0.6) is 0 Å². The van der Waals surface area contributed by atoms with Crippen molar-refractivity contribution in [3.63, 3.8) is 0 Å². The highest BCUT2D eigenvalue weighted by Crippen LogP contribution is 2.33. The summed E-state index contributed by atoms with van der Waals surface area (Å²) < 4.78 is 2.27. The Bertz CT molecular complexity index is 903. The average Bonchev–Trinajstić information content (AvgIpc) is 2.99. The van der Waals surface area contributed by atoms with Gasteiger partial charge in [0.2, 0.25) is 0 Å². The first kappa shape index (κ1) is 17.4. The smallest absolute Gasteiger partial charge is 0.323 e. The van der Waals surface area contributed by atoms with Crippen LogP contribution in [-0.4, -0.2) is 42.3 Å². The summed E-state index contributed by atoms with van der Waals surface area (Å²) in [5.74, 6) is -0.665. The van der Waals surface area contributed by atoms with Crippen LogP contribution in [0.2, 0.25) is 0 Å². The molecule has 0 spiro atoms. The Morgan fingerprint density at radius 2 is 2.16 bits per heavy atom. The molecule has 0 bridgehead atoms. The fourth-order valence-corrected chi connectivity index (χ4v) is 3.93. The van der Waals surface area contributed by atoms with E-state index in [1.54, 1.807) is 12.3 Å². The molecule has 6 nitrogen and oxygen atoms in total. The minimum absolute atomic E-state index is 0.261. The van der Waals surface area contributed by atoms with Crippen molar-refractivity contribution in [2.75, 3.05) is 6.54 Å². The minimum Gasteiger partial charge on any atom is -0.480 e. The van der Waals surface area contributed by atoms with Gasteiger partial charge in [0.05, 0.1) is 4.91 Å². The van der Waals surface area contributed by atoms with E-state index in [-0.39, 0.29) is 10.2 Å². The summed E-state index contributed by atoms with van der Waals surface area (Å²) in [6, 6.07) is 7.65. The van der Waals surface area contributed by atoms with Gasteiger partial charge >= 0.3 is 5.97 Å². The Balaban J connectivity index is 1.97. The molecule has 0 saturated carbocycles. The number of thiocarbonyl (C=S) groups is 1. The summed E-state index contributed by atoms with van der Waals surface area (Å²) >= 11 is 6.24. The molecule has 3 rings (SSSR count). The topological polar surface area (TPSA) is 75.4 Å². The van der Waals surface area contributed by atoms with Crippen LogP contribution in [-0.2, 0) is 9.59 Å². The second-order valence-corrected chi connectivity index (χ2v) is 7.19. The van der Waals surface area contributed by atoms with Crippen molar-refractivity contribution in [3.05, 3.63) is 52.3 Å². The van der Waals surface area contributed by atoms with Crippen LogP contribution in [0.4, 0.5) is 0 Å². The number of amides is 1. The number of rotatable bonds is 4. The van der Waals surface area contributed by atoms with Gasteiger partial charge in [-0.15, -0.1) is 0 Å². The van der Waals surface area contributed by atoms with E-state index in [4.69, 9.17) is 17.3 Å². The third-order valence-electron chi connectivity index (χ3n) is 3.80. The highest BCUT2D eigenvalue weighted by atomic mass is 32.2. The highest BCUT2D eigenvalue weighted by Gasteiger charge is 2.33. The zero-order valence-electron chi connectivity index (χ0n) is 13.6. The molecule has 128 valence electrons. The van der Waals surface area contributed by atoms with Crippen molar-refractivity contribution >= 4 is 46.3 Å². The van der Waals surface area contributed by atoms with Crippen molar-refractivity contribution < 1.29 is 14.7 Å². The van der Waals surface area contributed by atoms with E-state index in [1.165, 1.54) is 0 Å². The number of aryl methyl sites for hydroxylation is 1. The van der Waals surface area contributed by atoms with Gasteiger partial charge in [-0.2, -0.15) is 0 Å². The molecule has 1 N–H and O–H groups in total. The third-order valence-corrected chi connectivity index (χ3v) is 5.18. The van der Waals surface area contributed by atoms with Crippen molar-refractivity contribution in [1.82, 2.24) is 14.5 Å². The molecule has 8 heteroatoms. The standard InChI is InChI=1S/C17H15N3O3S2/c1-10-7-12(11(2)20(10)14-5-3-4-6-18-14)8-13-16(23)19(9-15(21)22)17(24)25-13/h3-8H,9H2,1-2H3,(H,21,22)/b13-8-. The lowest BCUT2D eigenvalue weighted by atomic mass is 10.2. The zero-order valence-corrected chi connectivity index (χ0v) is 15.2. The van der Waals surface area contributed by atoms with Gasteiger partial charge in [0.25, 0.3) is 5.91 Å². The van der Waals surface area contributed by atoms with Gasteiger partial charge in [-0.1, -0.05) is 30.0 Å². The van der Waals surface area contributed by atoms with Gasteiger partial charge in [-0.3, -0.25) is 14.5 Å². The molecule has 0 radical (unpaired) electrons. The van der Waals surface area contributed by atoms with Gasteiger partial charge in [-0.25, -0.2) is 4.98 Å². The summed E-state index contributed by atoms with van der Waals surface area (Å²) in [5, 5.41) is 8.90. The molecule has 1 saturated heterocycles. The van der Waals surface area contributed by atoms with Crippen molar-refractivity contribution in [3.8, 4) is 5.82 Å². The molecule has 2 aromatic heterocycles. The van der Waals surface area contributed by atoms with E-state index in [2.05, 4.69) is 4.98 Å².